The van der Waals surface area contributed by atoms with E-state index in [0.717, 1.165) is 16.9 Å². The number of fused-ring (bicyclic) bond motifs is 1. The van der Waals surface area contributed by atoms with E-state index in [1.807, 2.05) is 37.3 Å². The van der Waals surface area contributed by atoms with E-state index in [-0.39, 0.29) is 28.2 Å². The summed E-state index contributed by atoms with van der Waals surface area (Å²) in [5.41, 5.74) is 3.40. The first-order valence-electron chi connectivity index (χ1n) is 7.27. The largest absolute Gasteiger partial charge is 0.313 e. The number of nitrogens with zero attached hydrogens (tertiary/aromatic N) is 5. The molecule has 0 bridgehead atoms. The predicted octanol–water partition coefficient (Wildman–Crippen LogP) is 4.55. The maximum Gasteiger partial charge on any atom is 0.223 e. The molecule has 0 aliphatic rings. The molecule has 0 atom stereocenters. The van der Waals surface area contributed by atoms with Gasteiger partial charge >= 0.3 is 0 Å². The van der Waals surface area contributed by atoms with Crippen molar-refractivity contribution in [2.75, 3.05) is 11.4 Å². The summed E-state index contributed by atoms with van der Waals surface area (Å²) in [4.78, 5) is 17.9. The molecule has 2 heterocycles. The van der Waals surface area contributed by atoms with Crippen molar-refractivity contribution in [2.45, 2.75) is 36.1 Å². The second-order valence-electron chi connectivity index (χ2n) is 5.06. The lowest BCUT2D eigenvalue weighted by Gasteiger charge is -2.19. The Labute approximate surface area is 155 Å². The summed E-state index contributed by atoms with van der Waals surface area (Å²) >= 11 is 0. The van der Waals surface area contributed by atoms with E-state index in [1.165, 1.54) is 6.20 Å². The van der Waals surface area contributed by atoms with Gasteiger partial charge in [0.15, 0.2) is 5.65 Å². The number of carbonyl (C=O) groups is 1. The lowest BCUT2D eigenvalue weighted by Crippen LogP contribution is -2.27. The Kier molecular flexibility index (Phi) is 8.18. The fourth-order valence-electron chi connectivity index (χ4n) is 2.53. The molecule has 0 radical (unpaired) electrons. The van der Waals surface area contributed by atoms with E-state index in [2.05, 4.69) is 16.2 Å². The topological polar surface area (TPSA) is 74.3 Å². The Morgan fingerprint density at radius 3 is 2.62 bits per heavy atom. The molecule has 138 valence electrons. The lowest BCUT2D eigenvalue weighted by atomic mass is 10.1. The van der Waals surface area contributed by atoms with Crippen LogP contribution in [0, 0.1) is 11.3 Å². The van der Waals surface area contributed by atoms with Crippen LogP contribution < -0.4 is 4.90 Å². The van der Waals surface area contributed by atoms with Gasteiger partial charge in [0.25, 0.3) is 0 Å². The molecule has 6 nitrogen and oxygen atoms in total. The van der Waals surface area contributed by atoms with Crippen LogP contribution in [-0.2, 0) is 4.79 Å². The summed E-state index contributed by atoms with van der Waals surface area (Å²) in [5, 5.41) is 13.2. The van der Waals surface area contributed by atoms with Gasteiger partial charge in [0.1, 0.15) is 11.6 Å². The van der Waals surface area contributed by atoms with E-state index >= 15 is 0 Å². The van der Waals surface area contributed by atoms with Gasteiger partial charge < -0.3 is 4.90 Å². The second-order valence-corrected chi connectivity index (χ2v) is 5.06. The maximum absolute atomic E-state index is 11.7. The Bertz CT molecular complexity index is 923. The molecule has 3 aromatic rings. The minimum atomic E-state index is -0.00406. The third-order valence-corrected chi connectivity index (χ3v) is 3.64. The average molecular weight is 353 g/mol. The van der Waals surface area contributed by atoms with Gasteiger partial charge in [-0.15, -0.1) is 0 Å². The first-order chi connectivity index (χ1) is 11.1. The second kappa shape index (κ2) is 9.33. The Morgan fingerprint density at radius 1 is 1.27 bits per heavy atom. The molecular formula is C20H27N5O. The van der Waals surface area contributed by atoms with Gasteiger partial charge in [0, 0.05) is 30.9 Å². The van der Waals surface area contributed by atoms with E-state index in [1.54, 1.807) is 22.5 Å². The van der Waals surface area contributed by atoms with Crippen molar-refractivity contribution in [3.8, 4) is 17.3 Å². The van der Waals surface area contributed by atoms with Crippen LogP contribution in [0.15, 0.2) is 42.7 Å². The third-order valence-electron chi connectivity index (χ3n) is 3.64. The zero-order chi connectivity index (χ0) is 16.4. The molecule has 0 aliphatic heterocycles. The zero-order valence-electron chi connectivity index (χ0n) is 12.9. The van der Waals surface area contributed by atoms with Crippen molar-refractivity contribution in [3.05, 3.63) is 48.3 Å². The Hall–Kier alpha value is -3.20. The van der Waals surface area contributed by atoms with Crippen molar-refractivity contribution >= 4 is 17.2 Å². The molecule has 0 N–H and O–H groups in total. The summed E-state index contributed by atoms with van der Waals surface area (Å²) in [7, 11) is 0. The molecule has 1 amide bonds. The number of nitriles is 1. The fourth-order valence-corrected chi connectivity index (χ4v) is 2.53. The smallest absolute Gasteiger partial charge is 0.223 e. The van der Waals surface area contributed by atoms with Crippen LogP contribution in [-0.4, -0.2) is 27.0 Å². The fraction of sp³-hybridized carbons (Fsp3) is 0.300. The summed E-state index contributed by atoms with van der Waals surface area (Å²) in [6, 6.07) is 11.6. The molecule has 3 rings (SSSR count). The lowest BCUT2D eigenvalue weighted by molar-refractivity contribution is -0.116. The highest BCUT2D eigenvalue weighted by Gasteiger charge is 2.11. The number of carbonyl (C=O) groups excluding carboxylic acids is 1. The number of aromatic nitrogens is 3. The number of hydrogen-bond acceptors (Lipinski definition) is 4. The number of benzene rings is 1. The van der Waals surface area contributed by atoms with E-state index < -0.39 is 0 Å². The molecule has 0 saturated heterocycles. The third kappa shape index (κ3) is 4.06. The standard InChI is InChI=1S/C17H15N5O.3CH4/c1-3-21(12(2)23)15-6-4-5-13(9-15)16-7-8-22-17(20-16)14(10-18)11-19-22;;;/h4-9,11H,3H2,1-2H3;3*1H4. The van der Waals surface area contributed by atoms with Crippen molar-refractivity contribution in [1.82, 2.24) is 14.6 Å². The van der Waals surface area contributed by atoms with Crippen molar-refractivity contribution in [3.63, 3.8) is 0 Å². The normalized spacial score (nSPS) is 9.27. The van der Waals surface area contributed by atoms with Crippen LogP contribution in [0.25, 0.3) is 16.9 Å². The maximum atomic E-state index is 11.7. The zero-order valence-corrected chi connectivity index (χ0v) is 12.9. The quantitative estimate of drug-likeness (QED) is 0.692. The molecule has 0 aliphatic carbocycles. The van der Waals surface area contributed by atoms with Crippen LogP contribution >= 0.6 is 0 Å². The summed E-state index contributed by atoms with van der Waals surface area (Å²) < 4.78 is 1.57. The van der Waals surface area contributed by atoms with Crippen molar-refractivity contribution in [2.24, 2.45) is 0 Å². The summed E-state index contributed by atoms with van der Waals surface area (Å²) in [6.45, 7) is 4.09. The van der Waals surface area contributed by atoms with Gasteiger partial charge in [0.2, 0.25) is 5.91 Å². The Balaban J connectivity index is 0.00000208. The van der Waals surface area contributed by atoms with Crippen LogP contribution in [0.2, 0.25) is 0 Å². The van der Waals surface area contributed by atoms with Gasteiger partial charge in [-0.3, -0.25) is 4.79 Å². The predicted molar refractivity (Wildman–Crippen MR) is 107 cm³/mol. The van der Waals surface area contributed by atoms with Crippen molar-refractivity contribution in [1.29, 1.82) is 5.26 Å². The van der Waals surface area contributed by atoms with Gasteiger partial charge in [-0.1, -0.05) is 34.4 Å². The SMILES string of the molecule is C.C.C.CCN(C(C)=O)c1cccc(-c2ccn3ncc(C#N)c3n2)c1. The van der Waals surface area contributed by atoms with Crippen LogP contribution in [0.4, 0.5) is 5.69 Å². The average Bonchev–Trinajstić information content (AvgIpc) is 2.97. The number of rotatable bonds is 3. The van der Waals surface area contributed by atoms with Crippen LogP contribution in [0.3, 0.4) is 0 Å². The molecule has 0 spiro atoms. The molecule has 1 aromatic carbocycles. The van der Waals surface area contributed by atoms with E-state index in [0.29, 0.717) is 17.8 Å². The molecule has 6 heteroatoms. The Morgan fingerprint density at radius 2 is 2.00 bits per heavy atom. The summed E-state index contributed by atoms with van der Waals surface area (Å²) in [5.74, 6) is -0.00406. The highest BCUT2D eigenvalue weighted by Crippen LogP contribution is 2.24. The molecule has 0 fully saturated rings. The minimum absolute atomic E-state index is 0. The molecule has 0 saturated carbocycles. The van der Waals surface area contributed by atoms with Gasteiger partial charge in [0.05, 0.1) is 11.9 Å². The van der Waals surface area contributed by atoms with E-state index in [4.69, 9.17) is 5.26 Å². The minimum Gasteiger partial charge on any atom is -0.313 e. The molecule has 26 heavy (non-hydrogen) atoms. The van der Waals surface area contributed by atoms with Gasteiger partial charge in [-0.05, 0) is 25.1 Å². The summed E-state index contributed by atoms with van der Waals surface area (Å²) in [6.07, 6.45) is 3.27. The first kappa shape index (κ1) is 22.8. The van der Waals surface area contributed by atoms with Gasteiger partial charge in [-0.2, -0.15) is 10.4 Å². The van der Waals surface area contributed by atoms with Crippen molar-refractivity contribution < 1.29 is 4.79 Å². The van der Waals surface area contributed by atoms with Crippen LogP contribution in [0.5, 0.6) is 0 Å². The number of hydrogen-bond donors (Lipinski definition) is 0. The monoisotopic (exact) mass is 353 g/mol. The number of anilines is 1. The number of amides is 1. The van der Waals surface area contributed by atoms with Crippen LogP contribution in [0.1, 0.15) is 41.7 Å². The highest BCUT2D eigenvalue weighted by atomic mass is 16.2. The van der Waals surface area contributed by atoms with E-state index in [9.17, 15) is 4.79 Å². The molecular weight excluding hydrogens is 326 g/mol. The van der Waals surface area contributed by atoms with Gasteiger partial charge in [-0.25, -0.2) is 9.50 Å². The molecule has 2 aromatic heterocycles. The first-order valence-corrected chi connectivity index (χ1v) is 7.27. The molecule has 0 unspecified atom stereocenters. The highest BCUT2D eigenvalue weighted by molar-refractivity contribution is 5.92.